The first-order valence-corrected chi connectivity index (χ1v) is 17.3. The van der Waals surface area contributed by atoms with Gasteiger partial charge in [-0.25, -0.2) is 0 Å². The van der Waals surface area contributed by atoms with Gasteiger partial charge in [-0.05, 0) is 68.0 Å². The number of allylic oxidation sites excluding steroid dienone is 14. The van der Waals surface area contributed by atoms with Crippen LogP contribution in [0.5, 0.6) is 0 Å². The molecule has 264 valence electrons. The van der Waals surface area contributed by atoms with Crippen LogP contribution < -0.4 is 0 Å². The van der Waals surface area contributed by atoms with Gasteiger partial charge < -0.3 is 0 Å². The molecule has 0 fully saturated rings. The number of terminal acetylenes is 1. The van der Waals surface area contributed by atoms with Crippen molar-refractivity contribution < 1.29 is 0 Å². The van der Waals surface area contributed by atoms with Crippen molar-refractivity contribution in [1.29, 1.82) is 0 Å². The number of benzene rings is 3. The molecular formula is C50H64. The Labute approximate surface area is 308 Å². The molecule has 1 unspecified atom stereocenters. The fraction of sp³-hybridized carbons (Fsp3) is 0.200. The summed E-state index contributed by atoms with van der Waals surface area (Å²) in [5, 5.41) is 0. The number of fused-ring (bicyclic) bond motifs is 1. The summed E-state index contributed by atoms with van der Waals surface area (Å²) in [6.07, 6.45) is 23.9. The second-order valence-corrected chi connectivity index (χ2v) is 9.94. The normalized spacial score (nSPS) is 13.5. The zero-order chi connectivity index (χ0) is 38.8. The zero-order valence-corrected chi connectivity index (χ0v) is 32.7. The van der Waals surface area contributed by atoms with Crippen LogP contribution in [-0.2, 0) is 5.41 Å². The van der Waals surface area contributed by atoms with Crippen molar-refractivity contribution in [2.45, 2.75) is 67.7 Å². The molecule has 0 aromatic heterocycles. The Kier molecular flexibility index (Phi) is 31.5. The molecule has 0 aliphatic heterocycles. The van der Waals surface area contributed by atoms with Crippen molar-refractivity contribution in [3.8, 4) is 12.3 Å². The summed E-state index contributed by atoms with van der Waals surface area (Å²) in [5.41, 5.74) is 8.87. The Balaban J connectivity index is -0.000000741. The fourth-order valence-electron chi connectivity index (χ4n) is 4.96. The van der Waals surface area contributed by atoms with Gasteiger partial charge in [0, 0.05) is 0 Å². The van der Waals surface area contributed by atoms with Crippen LogP contribution in [0.1, 0.15) is 70.7 Å². The molecule has 0 heteroatoms. The van der Waals surface area contributed by atoms with E-state index in [-0.39, 0.29) is 0 Å². The van der Waals surface area contributed by atoms with Crippen molar-refractivity contribution >= 4 is 5.57 Å². The maximum Gasteiger partial charge on any atom is 0.0709 e. The first-order valence-electron chi connectivity index (χ1n) is 17.3. The maximum atomic E-state index is 4.60. The SMILES string of the molecule is C#CC.C=C/C=C\C(=C/C)C1(/C(C=C)=C/C=C)C(C=C)=C(C=C)c2ccccc21.C=CC.CC.CC.Cc1ccccc1.Cc1ccccc1. The van der Waals surface area contributed by atoms with Crippen LogP contribution in [-0.4, -0.2) is 0 Å². The average molecular weight is 665 g/mol. The third-order valence-electron chi connectivity index (χ3n) is 6.71. The molecule has 1 aliphatic carbocycles. The van der Waals surface area contributed by atoms with E-state index in [1.54, 1.807) is 25.2 Å². The third kappa shape index (κ3) is 15.7. The quantitative estimate of drug-likeness (QED) is 0.128. The average Bonchev–Trinajstić information content (AvgIpc) is 3.44. The summed E-state index contributed by atoms with van der Waals surface area (Å²) in [4.78, 5) is 0. The molecule has 0 N–H and O–H groups in total. The van der Waals surface area contributed by atoms with Crippen LogP contribution in [0.4, 0.5) is 0 Å². The lowest BCUT2D eigenvalue weighted by atomic mass is 9.65. The monoisotopic (exact) mass is 665 g/mol. The second-order valence-electron chi connectivity index (χ2n) is 9.94. The van der Waals surface area contributed by atoms with E-state index < -0.39 is 5.41 Å². The molecule has 0 radical (unpaired) electrons. The lowest BCUT2D eigenvalue weighted by Gasteiger charge is -2.36. The number of hydrogen-bond donors (Lipinski definition) is 0. The van der Waals surface area contributed by atoms with E-state index in [1.165, 1.54) is 22.3 Å². The highest BCUT2D eigenvalue weighted by Gasteiger charge is 2.46. The number of aryl methyl sites for hydroxylation is 2. The second kappa shape index (κ2) is 32.2. The van der Waals surface area contributed by atoms with Crippen LogP contribution in [0.25, 0.3) is 5.57 Å². The van der Waals surface area contributed by atoms with Crippen molar-refractivity contribution in [2.24, 2.45) is 0 Å². The molecule has 50 heavy (non-hydrogen) atoms. The largest absolute Gasteiger partial charge is 0.120 e. The van der Waals surface area contributed by atoms with Crippen LogP contribution >= 0.6 is 0 Å². The maximum absolute atomic E-state index is 4.60. The lowest BCUT2D eigenvalue weighted by Crippen LogP contribution is -2.30. The van der Waals surface area contributed by atoms with E-state index in [0.29, 0.717) is 0 Å². The van der Waals surface area contributed by atoms with Gasteiger partial charge in [-0.15, -0.1) is 18.9 Å². The minimum atomic E-state index is -0.508. The number of hydrogen-bond acceptors (Lipinski definition) is 0. The highest BCUT2D eigenvalue weighted by atomic mass is 14.5. The zero-order valence-electron chi connectivity index (χ0n) is 32.7. The van der Waals surface area contributed by atoms with Gasteiger partial charge >= 0.3 is 0 Å². The molecule has 1 aliphatic rings. The van der Waals surface area contributed by atoms with Crippen LogP contribution in [0.15, 0.2) is 202 Å². The van der Waals surface area contributed by atoms with Crippen molar-refractivity contribution in [3.63, 3.8) is 0 Å². The minimum Gasteiger partial charge on any atom is -0.120 e. The summed E-state index contributed by atoms with van der Waals surface area (Å²) in [5.74, 6) is 2.25. The van der Waals surface area contributed by atoms with Crippen LogP contribution in [0, 0.1) is 26.2 Å². The molecule has 0 heterocycles. The molecule has 3 aromatic carbocycles. The van der Waals surface area contributed by atoms with Gasteiger partial charge in [-0.2, -0.15) is 0 Å². The first-order chi connectivity index (χ1) is 24.3. The van der Waals surface area contributed by atoms with Gasteiger partial charge in [0.1, 0.15) is 0 Å². The molecule has 0 saturated carbocycles. The van der Waals surface area contributed by atoms with E-state index in [9.17, 15) is 0 Å². The van der Waals surface area contributed by atoms with Crippen molar-refractivity contribution in [2.75, 3.05) is 0 Å². The molecule has 4 rings (SSSR count). The summed E-state index contributed by atoms with van der Waals surface area (Å²) in [6, 6.07) is 28.9. The topological polar surface area (TPSA) is 0 Å². The van der Waals surface area contributed by atoms with Gasteiger partial charge in [0.25, 0.3) is 0 Å². The van der Waals surface area contributed by atoms with Gasteiger partial charge in [-0.3, -0.25) is 0 Å². The Bertz CT molecular complexity index is 1520. The van der Waals surface area contributed by atoms with E-state index in [1.807, 2.05) is 108 Å². The van der Waals surface area contributed by atoms with E-state index in [0.717, 1.165) is 22.3 Å². The Morgan fingerprint density at radius 1 is 0.660 bits per heavy atom. The highest BCUT2D eigenvalue weighted by molar-refractivity contribution is 5.92. The van der Waals surface area contributed by atoms with Crippen LogP contribution in [0.2, 0.25) is 0 Å². The van der Waals surface area contributed by atoms with E-state index >= 15 is 0 Å². The standard InChI is InChI=1S/C26H26.2C7H8.C3H6.C3H4.2C2H6/c1-7-13-17-21(10-4)26(20(9-3)16-8-2)24(12-6)22(11-5)23-18-14-15-19-25(23)26;2*1-7-5-3-2-4-6-7;2*1-3-2;2*1-2/h7-19H,1-3,5-6H2,4H3;2*2-6H,1H3;3H,1H2,2H3;1H,2H3;2*1-2H3/b17-13-,20-16+,21-10+;;;;;;. The highest BCUT2D eigenvalue weighted by Crippen LogP contribution is 2.56. The summed E-state index contributed by atoms with van der Waals surface area (Å²) >= 11 is 0. The lowest BCUT2D eigenvalue weighted by molar-refractivity contribution is 0.757. The smallest absolute Gasteiger partial charge is 0.0709 e. The van der Waals surface area contributed by atoms with Gasteiger partial charge in [-0.1, -0.05) is 217 Å². The summed E-state index contributed by atoms with van der Waals surface area (Å²) < 4.78 is 0. The number of rotatable bonds is 8. The molecule has 0 saturated heterocycles. The van der Waals surface area contributed by atoms with Gasteiger partial charge in [0.05, 0.1) is 5.41 Å². The molecule has 3 aromatic rings. The Hall–Kier alpha value is -5.38. The Morgan fingerprint density at radius 3 is 1.42 bits per heavy atom. The van der Waals surface area contributed by atoms with Gasteiger partial charge in [0.2, 0.25) is 0 Å². The van der Waals surface area contributed by atoms with Gasteiger partial charge in [0.15, 0.2) is 0 Å². The molecular weight excluding hydrogens is 601 g/mol. The van der Waals surface area contributed by atoms with Crippen LogP contribution in [0.3, 0.4) is 0 Å². The van der Waals surface area contributed by atoms with E-state index in [4.69, 9.17) is 0 Å². The summed E-state index contributed by atoms with van der Waals surface area (Å²) in [7, 11) is 0. The van der Waals surface area contributed by atoms with Crippen molar-refractivity contribution in [1.82, 2.24) is 0 Å². The summed E-state index contributed by atoms with van der Waals surface area (Å²) in [6.45, 7) is 41.1. The third-order valence-corrected chi connectivity index (χ3v) is 6.71. The molecule has 0 nitrogen and oxygen atoms in total. The predicted molar refractivity (Wildman–Crippen MR) is 232 cm³/mol. The molecule has 0 amide bonds. The first kappa shape index (κ1) is 49.0. The Morgan fingerprint density at radius 2 is 1.10 bits per heavy atom. The fourth-order valence-corrected chi connectivity index (χ4v) is 4.96. The molecule has 1 atom stereocenters. The molecule has 0 spiro atoms. The van der Waals surface area contributed by atoms with E-state index in [2.05, 4.69) is 126 Å². The van der Waals surface area contributed by atoms with Crippen molar-refractivity contribution in [3.05, 3.63) is 224 Å². The predicted octanol–water partition coefficient (Wildman–Crippen LogP) is 14.9. The molecule has 0 bridgehead atoms. The minimum absolute atomic E-state index is 0.508.